The van der Waals surface area contributed by atoms with Crippen LogP contribution in [-0.2, 0) is 12.8 Å². The van der Waals surface area contributed by atoms with Crippen molar-refractivity contribution < 1.29 is 4.79 Å². The van der Waals surface area contributed by atoms with Crippen molar-refractivity contribution in [2.45, 2.75) is 26.7 Å². The number of anilines is 1. The van der Waals surface area contributed by atoms with E-state index >= 15 is 0 Å². The molecule has 0 saturated heterocycles. The minimum atomic E-state index is -0.184. The molecule has 0 unspecified atom stereocenters. The molecule has 0 radical (unpaired) electrons. The molecule has 3 nitrogen and oxygen atoms in total. The molecule has 0 fully saturated rings. The fourth-order valence-corrected chi connectivity index (χ4v) is 2.60. The number of carbonyl (C=O) groups excluding carboxylic acids is 1. The lowest BCUT2D eigenvalue weighted by atomic mass is 10.1. The van der Waals surface area contributed by atoms with E-state index in [1.165, 1.54) is 0 Å². The third-order valence-corrected chi connectivity index (χ3v) is 3.98. The second-order valence-electron chi connectivity index (χ2n) is 5.18. The van der Waals surface area contributed by atoms with E-state index in [1.54, 1.807) is 0 Å². The lowest BCUT2D eigenvalue weighted by Crippen LogP contribution is -2.31. The largest absolute Gasteiger partial charge is 0.338 e. The first-order chi connectivity index (χ1) is 10.6. The Bertz CT molecular complexity index is 655. The molecule has 2 amide bonds. The number of benzene rings is 2. The molecule has 22 heavy (non-hydrogen) atoms. The molecular weight excluding hydrogens is 296 g/mol. The SMILES string of the molecule is CCc1cccc(C)c1NC(=O)NCCc1ccccc1Cl. The first-order valence-corrected chi connectivity index (χ1v) is 7.86. The van der Waals surface area contributed by atoms with Crippen LogP contribution >= 0.6 is 11.6 Å². The van der Waals surface area contributed by atoms with Crippen LogP contribution in [0.15, 0.2) is 42.5 Å². The van der Waals surface area contributed by atoms with Gasteiger partial charge in [-0.25, -0.2) is 4.79 Å². The van der Waals surface area contributed by atoms with Crippen LogP contribution in [0.1, 0.15) is 23.6 Å². The molecule has 0 aliphatic rings. The Hall–Kier alpha value is -2.00. The minimum Gasteiger partial charge on any atom is -0.338 e. The maximum Gasteiger partial charge on any atom is 0.319 e. The van der Waals surface area contributed by atoms with E-state index in [-0.39, 0.29) is 6.03 Å². The molecule has 2 rings (SSSR count). The number of rotatable bonds is 5. The standard InChI is InChI=1S/C18H21ClN2O/c1-3-14-9-6-7-13(2)17(14)21-18(22)20-12-11-15-8-4-5-10-16(15)19/h4-10H,3,11-12H2,1-2H3,(H2,20,21,22). The second-order valence-corrected chi connectivity index (χ2v) is 5.59. The van der Waals surface area contributed by atoms with Crippen LogP contribution in [0.2, 0.25) is 5.02 Å². The topological polar surface area (TPSA) is 41.1 Å². The van der Waals surface area contributed by atoms with Gasteiger partial charge in [0.1, 0.15) is 0 Å². The Morgan fingerprint density at radius 3 is 2.55 bits per heavy atom. The summed E-state index contributed by atoms with van der Waals surface area (Å²) in [6.45, 7) is 4.62. The predicted molar refractivity (Wildman–Crippen MR) is 92.7 cm³/mol. The average Bonchev–Trinajstić information content (AvgIpc) is 2.51. The van der Waals surface area contributed by atoms with E-state index in [9.17, 15) is 4.79 Å². The van der Waals surface area contributed by atoms with Gasteiger partial charge in [0.15, 0.2) is 0 Å². The minimum absolute atomic E-state index is 0.184. The number of carbonyl (C=O) groups is 1. The van der Waals surface area contributed by atoms with Gasteiger partial charge in [0, 0.05) is 17.3 Å². The Kier molecular flexibility index (Phi) is 5.84. The van der Waals surface area contributed by atoms with Gasteiger partial charge in [-0.1, -0.05) is 54.9 Å². The van der Waals surface area contributed by atoms with E-state index in [1.807, 2.05) is 49.4 Å². The van der Waals surface area contributed by atoms with Crippen LogP contribution in [0.5, 0.6) is 0 Å². The van der Waals surface area contributed by atoms with Gasteiger partial charge in [0.25, 0.3) is 0 Å². The molecule has 116 valence electrons. The molecule has 0 saturated carbocycles. The number of urea groups is 1. The van der Waals surface area contributed by atoms with Gasteiger partial charge < -0.3 is 10.6 Å². The van der Waals surface area contributed by atoms with Gasteiger partial charge in [-0.15, -0.1) is 0 Å². The molecule has 4 heteroatoms. The summed E-state index contributed by atoms with van der Waals surface area (Å²) < 4.78 is 0. The molecule has 0 aliphatic heterocycles. The Balaban J connectivity index is 1.90. The molecule has 0 spiro atoms. The zero-order valence-corrected chi connectivity index (χ0v) is 13.7. The van der Waals surface area contributed by atoms with Gasteiger partial charge in [-0.05, 0) is 42.5 Å². The van der Waals surface area contributed by atoms with Crippen LogP contribution in [-0.4, -0.2) is 12.6 Å². The van der Waals surface area contributed by atoms with E-state index in [0.29, 0.717) is 13.0 Å². The lowest BCUT2D eigenvalue weighted by molar-refractivity contribution is 0.252. The van der Waals surface area contributed by atoms with Crippen molar-refractivity contribution in [3.8, 4) is 0 Å². The van der Waals surface area contributed by atoms with E-state index in [2.05, 4.69) is 17.6 Å². The number of aryl methyl sites for hydroxylation is 2. The van der Waals surface area contributed by atoms with Gasteiger partial charge in [-0.2, -0.15) is 0 Å². The van der Waals surface area contributed by atoms with E-state index in [0.717, 1.165) is 33.8 Å². The van der Waals surface area contributed by atoms with Crippen LogP contribution in [0.4, 0.5) is 10.5 Å². The third-order valence-electron chi connectivity index (χ3n) is 3.62. The van der Waals surface area contributed by atoms with E-state index in [4.69, 9.17) is 11.6 Å². The number of para-hydroxylation sites is 1. The summed E-state index contributed by atoms with van der Waals surface area (Å²) in [5, 5.41) is 6.56. The Morgan fingerprint density at radius 2 is 1.82 bits per heavy atom. The summed E-state index contributed by atoms with van der Waals surface area (Å²) in [5.74, 6) is 0. The Morgan fingerprint density at radius 1 is 1.09 bits per heavy atom. The van der Waals surface area contributed by atoms with Crippen molar-refractivity contribution in [3.63, 3.8) is 0 Å². The van der Waals surface area contributed by atoms with Crippen molar-refractivity contribution in [1.29, 1.82) is 0 Å². The number of hydrogen-bond donors (Lipinski definition) is 2. The van der Waals surface area contributed by atoms with Crippen LogP contribution in [0, 0.1) is 6.92 Å². The molecule has 2 N–H and O–H groups in total. The summed E-state index contributed by atoms with van der Waals surface area (Å²) in [6, 6.07) is 13.5. The maximum absolute atomic E-state index is 12.1. The summed E-state index contributed by atoms with van der Waals surface area (Å²) in [4.78, 5) is 12.1. The zero-order valence-electron chi connectivity index (χ0n) is 12.9. The van der Waals surface area contributed by atoms with Crippen LogP contribution in [0.3, 0.4) is 0 Å². The fourth-order valence-electron chi connectivity index (χ4n) is 2.37. The molecule has 2 aromatic rings. The summed E-state index contributed by atoms with van der Waals surface area (Å²) in [5.41, 5.74) is 4.15. The van der Waals surface area contributed by atoms with Crippen molar-refractivity contribution in [3.05, 3.63) is 64.2 Å². The quantitative estimate of drug-likeness (QED) is 0.833. The molecule has 2 aromatic carbocycles. The number of nitrogens with one attached hydrogen (secondary N) is 2. The number of halogens is 1. The maximum atomic E-state index is 12.1. The van der Waals surface area contributed by atoms with Crippen LogP contribution < -0.4 is 10.6 Å². The van der Waals surface area contributed by atoms with Crippen molar-refractivity contribution in [2.75, 3.05) is 11.9 Å². The van der Waals surface area contributed by atoms with Crippen molar-refractivity contribution >= 4 is 23.3 Å². The summed E-state index contributed by atoms with van der Waals surface area (Å²) in [6.07, 6.45) is 1.60. The first-order valence-electron chi connectivity index (χ1n) is 7.48. The molecule has 0 bridgehead atoms. The highest BCUT2D eigenvalue weighted by atomic mass is 35.5. The van der Waals surface area contributed by atoms with Crippen molar-refractivity contribution in [1.82, 2.24) is 5.32 Å². The second kappa shape index (κ2) is 7.85. The molecule has 0 heterocycles. The Labute approximate surface area is 136 Å². The average molecular weight is 317 g/mol. The molecule has 0 aliphatic carbocycles. The normalized spacial score (nSPS) is 10.3. The van der Waals surface area contributed by atoms with Gasteiger partial charge in [-0.3, -0.25) is 0 Å². The predicted octanol–water partition coefficient (Wildman–Crippen LogP) is 4.58. The first kappa shape index (κ1) is 16.4. The smallest absolute Gasteiger partial charge is 0.319 e. The van der Waals surface area contributed by atoms with Gasteiger partial charge >= 0.3 is 6.03 Å². The van der Waals surface area contributed by atoms with Gasteiger partial charge in [0.2, 0.25) is 0 Å². The van der Waals surface area contributed by atoms with E-state index < -0.39 is 0 Å². The fraction of sp³-hybridized carbons (Fsp3) is 0.278. The third kappa shape index (κ3) is 4.25. The highest BCUT2D eigenvalue weighted by molar-refractivity contribution is 6.31. The lowest BCUT2D eigenvalue weighted by Gasteiger charge is -2.14. The van der Waals surface area contributed by atoms with Crippen molar-refractivity contribution in [2.24, 2.45) is 0 Å². The highest BCUT2D eigenvalue weighted by Crippen LogP contribution is 2.20. The number of hydrogen-bond acceptors (Lipinski definition) is 1. The molecule has 0 atom stereocenters. The van der Waals surface area contributed by atoms with Crippen LogP contribution in [0.25, 0.3) is 0 Å². The summed E-state index contributed by atoms with van der Waals surface area (Å²) in [7, 11) is 0. The zero-order chi connectivity index (χ0) is 15.9. The molecular formula is C18H21ClN2O. The van der Waals surface area contributed by atoms with Gasteiger partial charge in [0.05, 0.1) is 0 Å². The summed E-state index contributed by atoms with van der Waals surface area (Å²) >= 11 is 6.10. The highest BCUT2D eigenvalue weighted by Gasteiger charge is 2.08. The molecule has 0 aromatic heterocycles. The monoisotopic (exact) mass is 316 g/mol. The number of amides is 2.